The molecule has 3 heteroatoms. The highest BCUT2D eigenvalue weighted by molar-refractivity contribution is 9.09. The molecule has 1 atom stereocenters. The first kappa shape index (κ1) is 8.65. The summed E-state index contributed by atoms with van der Waals surface area (Å²) < 4.78 is 13.4. The van der Waals surface area contributed by atoms with Crippen molar-refractivity contribution in [2.75, 3.05) is 5.33 Å². The summed E-state index contributed by atoms with van der Waals surface area (Å²) in [5.74, 6) is 0. The minimum atomic E-state index is -1.36. The lowest BCUT2D eigenvalue weighted by atomic mass is 10.1. The molecule has 0 bridgehead atoms. The van der Waals surface area contributed by atoms with Gasteiger partial charge >= 0.3 is 0 Å². The van der Waals surface area contributed by atoms with E-state index < -0.39 is 5.67 Å². The molecule has 1 unspecified atom stereocenters. The van der Waals surface area contributed by atoms with Crippen molar-refractivity contribution in [2.24, 2.45) is 0 Å². The smallest absolute Gasteiger partial charge is 0.159 e. The number of hydrogen-bond donors (Lipinski definition) is 0. The van der Waals surface area contributed by atoms with Crippen molar-refractivity contribution in [3.05, 3.63) is 30.1 Å². The fraction of sp³-hybridized carbons (Fsp3) is 0.375. The third-order valence-corrected chi connectivity index (χ3v) is 2.50. The molecule has 0 aliphatic heterocycles. The molecule has 1 heterocycles. The summed E-state index contributed by atoms with van der Waals surface area (Å²) in [5.41, 5.74) is -0.891. The van der Waals surface area contributed by atoms with E-state index in [4.69, 9.17) is 0 Å². The van der Waals surface area contributed by atoms with Crippen LogP contribution in [0.25, 0.3) is 0 Å². The second kappa shape index (κ2) is 3.30. The highest BCUT2D eigenvalue weighted by Crippen LogP contribution is 2.24. The van der Waals surface area contributed by atoms with E-state index in [-0.39, 0.29) is 5.33 Å². The predicted octanol–water partition coefficient (Wildman–Crippen LogP) is 2.66. The first-order valence-electron chi connectivity index (χ1n) is 3.33. The van der Waals surface area contributed by atoms with Crippen molar-refractivity contribution in [1.29, 1.82) is 0 Å². The SMILES string of the molecule is CC(F)(CBr)c1ccccn1. The third-order valence-electron chi connectivity index (χ3n) is 1.45. The van der Waals surface area contributed by atoms with Crippen LogP contribution in [0, 0.1) is 0 Å². The van der Waals surface area contributed by atoms with E-state index in [2.05, 4.69) is 20.9 Å². The average Bonchev–Trinajstić information content (AvgIpc) is 2.06. The van der Waals surface area contributed by atoms with Gasteiger partial charge in [0.25, 0.3) is 0 Å². The van der Waals surface area contributed by atoms with Crippen molar-refractivity contribution in [3.8, 4) is 0 Å². The van der Waals surface area contributed by atoms with Gasteiger partial charge in [0.2, 0.25) is 0 Å². The minimum absolute atomic E-state index is 0.275. The fourth-order valence-corrected chi connectivity index (χ4v) is 1.03. The Hall–Kier alpha value is -0.440. The monoisotopic (exact) mass is 217 g/mol. The first-order valence-corrected chi connectivity index (χ1v) is 4.45. The number of hydrogen-bond acceptors (Lipinski definition) is 1. The van der Waals surface area contributed by atoms with Crippen LogP contribution in [0.3, 0.4) is 0 Å². The molecule has 0 amide bonds. The molecular formula is C8H9BrFN. The zero-order valence-electron chi connectivity index (χ0n) is 6.22. The Kier molecular flexibility index (Phi) is 2.60. The first-order chi connectivity index (χ1) is 5.17. The summed E-state index contributed by atoms with van der Waals surface area (Å²) in [6.07, 6.45) is 1.59. The van der Waals surface area contributed by atoms with Gasteiger partial charge in [-0.25, -0.2) is 4.39 Å². The van der Waals surface area contributed by atoms with Crippen LogP contribution in [0.4, 0.5) is 4.39 Å². The van der Waals surface area contributed by atoms with Gasteiger partial charge in [-0.1, -0.05) is 22.0 Å². The fourth-order valence-electron chi connectivity index (χ4n) is 0.740. The van der Waals surface area contributed by atoms with E-state index in [0.717, 1.165) is 0 Å². The summed E-state index contributed by atoms with van der Waals surface area (Å²) >= 11 is 3.09. The van der Waals surface area contributed by atoms with Crippen molar-refractivity contribution < 1.29 is 4.39 Å². The van der Waals surface area contributed by atoms with Crippen LogP contribution in [-0.2, 0) is 5.67 Å². The second-order valence-corrected chi connectivity index (χ2v) is 3.11. The topological polar surface area (TPSA) is 12.9 Å². The van der Waals surface area contributed by atoms with Crippen LogP contribution in [0.1, 0.15) is 12.6 Å². The summed E-state index contributed by atoms with van der Waals surface area (Å²) in [4.78, 5) is 3.92. The molecule has 11 heavy (non-hydrogen) atoms. The Labute approximate surface area is 73.8 Å². The van der Waals surface area contributed by atoms with E-state index in [0.29, 0.717) is 5.69 Å². The summed E-state index contributed by atoms with van der Waals surface area (Å²) in [5, 5.41) is 0.275. The summed E-state index contributed by atoms with van der Waals surface area (Å²) in [6, 6.07) is 5.23. The highest BCUT2D eigenvalue weighted by Gasteiger charge is 2.24. The second-order valence-electron chi connectivity index (χ2n) is 2.55. The minimum Gasteiger partial charge on any atom is -0.258 e. The van der Waals surface area contributed by atoms with E-state index in [1.807, 2.05) is 0 Å². The molecule has 1 aromatic rings. The van der Waals surface area contributed by atoms with Gasteiger partial charge in [-0.3, -0.25) is 4.98 Å². The maximum Gasteiger partial charge on any atom is 0.159 e. The number of rotatable bonds is 2. The maximum atomic E-state index is 13.4. The van der Waals surface area contributed by atoms with Gasteiger partial charge in [0.15, 0.2) is 5.67 Å². The van der Waals surface area contributed by atoms with Crippen molar-refractivity contribution in [3.63, 3.8) is 0 Å². The maximum absolute atomic E-state index is 13.4. The molecule has 60 valence electrons. The lowest BCUT2D eigenvalue weighted by molar-refractivity contribution is 0.223. The number of nitrogens with zero attached hydrogens (tertiary/aromatic N) is 1. The highest BCUT2D eigenvalue weighted by atomic mass is 79.9. The number of halogens is 2. The lowest BCUT2D eigenvalue weighted by Gasteiger charge is -2.15. The van der Waals surface area contributed by atoms with E-state index in [1.54, 1.807) is 24.4 Å². The molecule has 0 aliphatic rings. The lowest BCUT2D eigenvalue weighted by Crippen LogP contribution is -2.18. The predicted molar refractivity (Wildman–Crippen MR) is 46.5 cm³/mol. The Morgan fingerprint density at radius 3 is 2.82 bits per heavy atom. The van der Waals surface area contributed by atoms with E-state index >= 15 is 0 Å². The molecule has 0 aromatic carbocycles. The number of alkyl halides is 2. The summed E-state index contributed by atoms with van der Waals surface area (Å²) in [6.45, 7) is 1.50. The van der Waals surface area contributed by atoms with Crippen LogP contribution in [0.2, 0.25) is 0 Å². The largest absolute Gasteiger partial charge is 0.258 e. The molecule has 0 N–H and O–H groups in total. The molecule has 1 rings (SSSR count). The Balaban J connectivity index is 2.93. The standard InChI is InChI=1S/C8H9BrFN/c1-8(10,6-9)7-4-2-3-5-11-7/h2-5H,6H2,1H3. The van der Waals surface area contributed by atoms with E-state index in [9.17, 15) is 4.39 Å². The van der Waals surface area contributed by atoms with Crippen molar-refractivity contribution in [1.82, 2.24) is 4.98 Å². The van der Waals surface area contributed by atoms with E-state index in [1.165, 1.54) is 6.92 Å². The van der Waals surface area contributed by atoms with Gasteiger partial charge in [0.1, 0.15) is 0 Å². The number of aromatic nitrogens is 1. The summed E-state index contributed by atoms with van der Waals surface area (Å²) in [7, 11) is 0. The Morgan fingerprint density at radius 1 is 1.64 bits per heavy atom. The van der Waals surface area contributed by atoms with Gasteiger partial charge in [-0.15, -0.1) is 0 Å². The van der Waals surface area contributed by atoms with Crippen molar-refractivity contribution >= 4 is 15.9 Å². The van der Waals surface area contributed by atoms with Gasteiger partial charge in [-0.05, 0) is 19.1 Å². The molecule has 0 saturated heterocycles. The molecule has 0 saturated carbocycles. The average molecular weight is 218 g/mol. The van der Waals surface area contributed by atoms with Crippen LogP contribution in [0.5, 0.6) is 0 Å². The van der Waals surface area contributed by atoms with Crippen LogP contribution in [0.15, 0.2) is 24.4 Å². The quantitative estimate of drug-likeness (QED) is 0.695. The van der Waals surface area contributed by atoms with Crippen LogP contribution < -0.4 is 0 Å². The Morgan fingerprint density at radius 2 is 2.36 bits per heavy atom. The molecular weight excluding hydrogens is 209 g/mol. The molecule has 1 aromatic heterocycles. The molecule has 0 spiro atoms. The number of pyridine rings is 1. The van der Waals surface area contributed by atoms with Gasteiger partial charge < -0.3 is 0 Å². The molecule has 0 radical (unpaired) electrons. The van der Waals surface area contributed by atoms with Crippen molar-refractivity contribution in [2.45, 2.75) is 12.6 Å². The molecule has 0 fully saturated rings. The third kappa shape index (κ3) is 1.99. The van der Waals surface area contributed by atoms with Gasteiger partial charge in [0.05, 0.1) is 5.69 Å². The molecule has 1 nitrogen and oxygen atoms in total. The van der Waals surface area contributed by atoms with Crippen LogP contribution in [-0.4, -0.2) is 10.3 Å². The van der Waals surface area contributed by atoms with Crippen LogP contribution >= 0.6 is 15.9 Å². The van der Waals surface area contributed by atoms with Gasteiger partial charge in [-0.2, -0.15) is 0 Å². The zero-order chi connectivity index (χ0) is 8.32. The zero-order valence-corrected chi connectivity index (χ0v) is 7.81. The Bertz CT molecular complexity index is 223. The molecule has 0 aliphatic carbocycles. The normalized spacial score (nSPS) is 15.9. The van der Waals surface area contributed by atoms with Gasteiger partial charge in [0, 0.05) is 11.5 Å².